The van der Waals surface area contributed by atoms with Crippen molar-refractivity contribution >= 4 is 23.5 Å². The van der Waals surface area contributed by atoms with Crippen LogP contribution in [0.3, 0.4) is 0 Å². The van der Waals surface area contributed by atoms with Gasteiger partial charge in [-0.25, -0.2) is 0 Å². The van der Waals surface area contributed by atoms with E-state index in [0.29, 0.717) is 5.46 Å². The minimum Gasteiger partial charge on any atom is -0.423 e. The number of H-pyrrole nitrogens is 1. The second-order valence-corrected chi connectivity index (χ2v) is 3.31. The smallest absolute Gasteiger partial charge is 0.423 e. The van der Waals surface area contributed by atoms with Gasteiger partial charge in [0, 0.05) is 17.2 Å². The molecule has 0 spiro atoms. The van der Waals surface area contributed by atoms with E-state index >= 15 is 0 Å². The topological polar surface area (TPSA) is 56.2 Å². The maximum absolute atomic E-state index is 9.11. The summed E-state index contributed by atoms with van der Waals surface area (Å²) >= 11 is 0. The molecule has 0 aliphatic carbocycles. The zero-order chi connectivity index (χ0) is 10.1. The van der Waals surface area contributed by atoms with Crippen molar-refractivity contribution in [1.82, 2.24) is 4.98 Å². The fourth-order valence-electron chi connectivity index (χ4n) is 1.75. The van der Waals surface area contributed by atoms with Gasteiger partial charge < -0.3 is 15.0 Å². The summed E-state index contributed by atoms with van der Waals surface area (Å²) in [6, 6.07) is 5.85. The van der Waals surface area contributed by atoms with Crippen molar-refractivity contribution in [2.45, 2.75) is 13.3 Å². The summed E-state index contributed by atoms with van der Waals surface area (Å²) in [7, 11) is -1.41. The Hall–Kier alpha value is -1.26. The van der Waals surface area contributed by atoms with Crippen molar-refractivity contribution in [3.8, 4) is 0 Å². The molecule has 0 unspecified atom stereocenters. The minimum absolute atomic E-state index is 0.537. The van der Waals surface area contributed by atoms with E-state index in [0.717, 1.165) is 17.3 Å². The van der Waals surface area contributed by atoms with Crippen LogP contribution >= 0.6 is 0 Å². The van der Waals surface area contributed by atoms with E-state index in [1.807, 2.05) is 18.2 Å². The van der Waals surface area contributed by atoms with Crippen LogP contribution in [0.15, 0.2) is 24.4 Å². The summed E-state index contributed by atoms with van der Waals surface area (Å²) in [5.41, 5.74) is 2.72. The fourth-order valence-corrected chi connectivity index (χ4v) is 1.75. The molecule has 14 heavy (non-hydrogen) atoms. The van der Waals surface area contributed by atoms with Crippen LogP contribution in [0.4, 0.5) is 0 Å². The summed E-state index contributed by atoms with van der Waals surface area (Å²) in [4.78, 5) is 3.07. The average molecular weight is 189 g/mol. The molecule has 3 N–H and O–H groups in total. The number of para-hydroxylation sites is 1. The van der Waals surface area contributed by atoms with Gasteiger partial charge in [-0.05, 0) is 17.4 Å². The summed E-state index contributed by atoms with van der Waals surface area (Å²) in [5.74, 6) is 0. The molecule has 4 heteroatoms. The Morgan fingerprint density at radius 1 is 1.36 bits per heavy atom. The number of hydrogen-bond acceptors (Lipinski definition) is 2. The first kappa shape index (κ1) is 9.31. The molecule has 2 rings (SSSR count). The molecule has 0 saturated heterocycles. The van der Waals surface area contributed by atoms with Crippen LogP contribution in [-0.2, 0) is 6.42 Å². The van der Waals surface area contributed by atoms with Crippen molar-refractivity contribution in [2.75, 3.05) is 0 Å². The first-order valence-electron chi connectivity index (χ1n) is 4.69. The van der Waals surface area contributed by atoms with Crippen molar-refractivity contribution in [3.05, 3.63) is 30.0 Å². The quantitative estimate of drug-likeness (QED) is 0.599. The molecule has 0 fully saturated rings. The Balaban J connectivity index is 2.69. The van der Waals surface area contributed by atoms with Gasteiger partial charge in [0.2, 0.25) is 0 Å². The highest BCUT2D eigenvalue weighted by atomic mass is 16.4. The lowest BCUT2D eigenvalue weighted by molar-refractivity contribution is 0.426. The molecule has 0 aliphatic heterocycles. The van der Waals surface area contributed by atoms with Crippen molar-refractivity contribution in [3.63, 3.8) is 0 Å². The predicted octanol–water partition coefficient (Wildman–Crippen LogP) is 0.410. The number of aryl methyl sites for hydroxylation is 1. The molecular weight excluding hydrogens is 177 g/mol. The normalized spacial score (nSPS) is 10.8. The van der Waals surface area contributed by atoms with Gasteiger partial charge in [-0.3, -0.25) is 0 Å². The van der Waals surface area contributed by atoms with Gasteiger partial charge in [-0.2, -0.15) is 0 Å². The maximum atomic E-state index is 9.11. The van der Waals surface area contributed by atoms with E-state index in [2.05, 4.69) is 11.9 Å². The molecule has 0 aliphatic rings. The van der Waals surface area contributed by atoms with Crippen LogP contribution < -0.4 is 5.46 Å². The molecule has 0 atom stereocenters. The lowest BCUT2D eigenvalue weighted by Crippen LogP contribution is -2.28. The number of fused-ring (bicyclic) bond motifs is 1. The highest BCUT2D eigenvalue weighted by Crippen LogP contribution is 2.15. The summed E-state index contributed by atoms with van der Waals surface area (Å²) < 4.78 is 0. The molecule has 3 nitrogen and oxygen atoms in total. The molecule has 2 aromatic rings. The van der Waals surface area contributed by atoms with Gasteiger partial charge in [-0.15, -0.1) is 0 Å². The van der Waals surface area contributed by atoms with Gasteiger partial charge in [-0.1, -0.05) is 25.1 Å². The zero-order valence-corrected chi connectivity index (χ0v) is 7.99. The van der Waals surface area contributed by atoms with E-state index in [9.17, 15) is 0 Å². The highest BCUT2D eigenvalue weighted by molar-refractivity contribution is 6.62. The Labute approximate surface area is 82.5 Å². The Kier molecular flexibility index (Phi) is 2.31. The Bertz CT molecular complexity index is 450. The van der Waals surface area contributed by atoms with Gasteiger partial charge >= 0.3 is 7.12 Å². The molecule has 0 bridgehead atoms. The monoisotopic (exact) mass is 189 g/mol. The van der Waals surface area contributed by atoms with Gasteiger partial charge in [0.1, 0.15) is 0 Å². The van der Waals surface area contributed by atoms with Crippen LogP contribution in [0.1, 0.15) is 12.5 Å². The van der Waals surface area contributed by atoms with E-state index in [-0.39, 0.29) is 0 Å². The molecule has 72 valence electrons. The zero-order valence-electron chi connectivity index (χ0n) is 7.99. The number of nitrogens with one attached hydrogen (secondary N) is 1. The predicted molar refractivity (Wildman–Crippen MR) is 57.5 cm³/mol. The molecule has 0 radical (unpaired) electrons. The molecule has 1 heterocycles. The first-order valence-corrected chi connectivity index (χ1v) is 4.69. The third-order valence-electron chi connectivity index (χ3n) is 2.49. The number of aromatic amines is 1. The third kappa shape index (κ3) is 1.33. The van der Waals surface area contributed by atoms with Gasteiger partial charge in [0.25, 0.3) is 0 Å². The standard InChI is InChI=1S/C10H12BNO2/c1-2-7-4-3-5-8-9(11(13)14)6-12-10(7)8/h3-6,12-14H,2H2,1H3. The summed E-state index contributed by atoms with van der Waals surface area (Å²) in [6.45, 7) is 2.07. The summed E-state index contributed by atoms with van der Waals surface area (Å²) in [6.07, 6.45) is 2.58. The second kappa shape index (κ2) is 3.48. The first-order chi connectivity index (χ1) is 6.74. The molecular formula is C10H12BNO2. The SMILES string of the molecule is CCc1cccc2c(B(O)O)c[nH]c12. The molecule has 0 amide bonds. The largest absolute Gasteiger partial charge is 0.490 e. The number of hydrogen-bond donors (Lipinski definition) is 3. The van der Waals surface area contributed by atoms with Crippen LogP contribution in [0.5, 0.6) is 0 Å². The molecule has 1 aromatic heterocycles. The number of aromatic nitrogens is 1. The molecule has 0 saturated carbocycles. The fraction of sp³-hybridized carbons (Fsp3) is 0.200. The number of rotatable bonds is 2. The van der Waals surface area contributed by atoms with Crippen LogP contribution in [0.25, 0.3) is 10.9 Å². The van der Waals surface area contributed by atoms with E-state index < -0.39 is 7.12 Å². The van der Waals surface area contributed by atoms with Crippen LogP contribution in [0.2, 0.25) is 0 Å². The highest BCUT2D eigenvalue weighted by Gasteiger charge is 2.16. The second-order valence-electron chi connectivity index (χ2n) is 3.31. The van der Waals surface area contributed by atoms with Gasteiger partial charge in [0.05, 0.1) is 0 Å². The Morgan fingerprint density at radius 3 is 2.79 bits per heavy atom. The minimum atomic E-state index is -1.41. The van der Waals surface area contributed by atoms with Crippen molar-refractivity contribution < 1.29 is 10.0 Å². The third-order valence-corrected chi connectivity index (χ3v) is 2.49. The van der Waals surface area contributed by atoms with Crippen LogP contribution in [0, 0.1) is 0 Å². The lowest BCUT2D eigenvalue weighted by atomic mass is 9.80. The van der Waals surface area contributed by atoms with Crippen molar-refractivity contribution in [1.29, 1.82) is 0 Å². The summed E-state index contributed by atoms with van der Waals surface area (Å²) in [5, 5.41) is 19.1. The van der Waals surface area contributed by atoms with Gasteiger partial charge in [0.15, 0.2) is 0 Å². The lowest BCUT2D eigenvalue weighted by Gasteiger charge is -2.00. The van der Waals surface area contributed by atoms with E-state index in [4.69, 9.17) is 10.0 Å². The van der Waals surface area contributed by atoms with E-state index in [1.165, 1.54) is 5.56 Å². The van der Waals surface area contributed by atoms with Crippen molar-refractivity contribution in [2.24, 2.45) is 0 Å². The molecule has 1 aromatic carbocycles. The average Bonchev–Trinajstić information content (AvgIpc) is 2.60. The number of benzene rings is 1. The Morgan fingerprint density at radius 2 is 2.14 bits per heavy atom. The van der Waals surface area contributed by atoms with Crippen LogP contribution in [-0.4, -0.2) is 22.2 Å². The van der Waals surface area contributed by atoms with E-state index in [1.54, 1.807) is 6.20 Å². The maximum Gasteiger partial charge on any atom is 0.490 e.